The molecule has 20 heavy (non-hydrogen) atoms. The zero-order valence-electron chi connectivity index (χ0n) is 10.9. The Morgan fingerprint density at radius 3 is 2.45 bits per heavy atom. The van der Waals surface area contributed by atoms with E-state index in [0.717, 1.165) is 55.0 Å². The molecular weight excluding hydrogens is 271 g/mol. The van der Waals surface area contributed by atoms with Crippen LogP contribution in [0.5, 0.6) is 0 Å². The summed E-state index contributed by atoms with van der Waals surface area (Å²) in [5, 5.41) is 0. The van der Waals surface area contributed by atoms with Crippen molar-refractivity contribution in [3.8, 4) is 0 Å². The topological polar surface area (TPSA) is 39.1 Å². The minimum absolute atomic E-state index is 0.120. The van der Waals surface area contributed by atoms with E-state index in [1.807, 2.05) is 0 Å². The van der Waals surface area contributed by atoms with Crippen LogP contribution in [-0.2, 0) is 17.5 Å². The van der Waals surface area contributed by atoms with E-state index in [1.54, 1.807) is 0 Å². The fourth-order valence-electron chi connectivity index (χ4n) is 2.54. The molecule has 0 saturated heterocycles. The number of carbonyl (C=O) groups excluding carboxylic acids is 1. The largest absolute Gasteiger partial charge is 0.417 e. The molecule has 3 nitrogen and oxygen atoms in total. The Kier molecular flexibility index (Phi) is 4.30. The number of pyridine rings is 1. The standard InChI is InChI=1S/C14H16F3NO2/c15-14(16,17)11-6-7-13(20)18(8-11)9-12(19)10-4-2-1-3-5-10/h6-8,10H,1-5,9H2. The molecule has 1 aliphatic rings. The Bertz CT molecular complexity index is 542. The summed E-state index contributed by atoms with van der Waals surface area (Å²) in [6.07, 6.45) is 0.778. The second-order valence-electron chi connectivity index (χ2n) is 5.18. The van der Waals surface area contributed by atoms with Crippen molar-refractivity contribution in [3.63, 3.8) is 0 Å². The Morgan fingerprint density at radius 1 is 1.20 bits per heavy atom. The summed E-state index contributed by atoms with van der Waals surface area (Å²) in [7, 11) is 0. The highest BCUT2D eigenvalue weighted by Crippen LogP contribution is 2.28. The molecule has 0 atom stereocenters. The lowest BCUT2D eigenvalue weighted by atomic mass is 9.86. The van der Waals surface area contributed by atoms with Gasteiger partial charge in [-0.05, 0) is 18.9 Å². The number of ketones is 1. The van der Waals surface area contributed by atoms with Crippen LogP contribution in [0.15, 0.2) is 23.1 Å². The first-order chi connectivity index (χ1) is 9.38. The van der Waals surface area contributed by atoms with Gasteiger partial charge in [-0.3, -0.25) is 9.59 Å². The minimum atomic E-state index is -4.51. The molecule has 1 aliphatic carbocycles. The maximum absolute atomic E-state index is 12.6. The molecule has 0 spiro atoms. The Balaban J connectivity index is 2.16. The molecule has 110 valence electrons. The van der Waals surface area contributed by atoms with Crippen molar-refractivity contribution < 1.29 is 18.0 Å². The van der Waals surface area contributed by atoms with Crippen LogP contribution in [0.4, 0.5) is 13.2 Å². The lowest BCUT2D eigenvalue weighted by Crippen LogP contribution is -2.29. The molecule has 0 aliphatic heterocycles. The van der Waals surface area contributed by atoms with Gasteiger partial charge in [-0.15, -0.1) is 0 Å². The molecule has 0 aromatic carbocycles. The van der Waals surface area contributed by atoms with E-state index in [4.69, 9.17) is 0 Å². The van der Waals surface area contributed by atoms with Gasteiger partial charge in [0, 0.05) is 18.2 Å². The highest BCUT2D eigenvalue weighted by molar-refractivity contribution is 5.80. The predicted octanol–water partition coefficient (Wildman–Crippen LogP) is 3.02. The minimum Gasteiger partial charge on any atom is -0.307 e. The summed E-state index contributed by atoms with van der Waals surface area (Å²) in [5.41, 5.74) is -1.49. The smallest absolute Gasteiger partial charge is 0.307 e. The number of nitrogens with zero attached hydrogens (tertiary/aromatic N) is 1. The van der Waals surface area contributed by atoms with Crippen molar-refractivity contribution in [3.05, 3.63) is 34.2 Å². The van der Waals surface area contributed by atoms with Gasteiger partial charge in [-0.2, -0.15) is 13.2 Å². The van der Waals surface area contributed by atoms with E-state index in [2.05, 4.69) is 0 Å². The van der Waals surface area contributed by atoms with Gasteiger partial charge in [0.25, 0.3) is 5.56 Å². The average Bonchev–Trinajstić information content (AvgIpc) is 2.41. The normalized spacial score (nSPS) is 17.1. The van der Waals surface area contributed by atoms with E-state index in [9.17, 15) is 22.8 Å². The fourth-order valence-corrected chi connectivity index (χ4v) is 2.54. The number of hydrogen-bond acceptors (Lipinski definition) is 2. The SMILES string of the molecule is O=C(Cn1cc(C(F)(F)F)ccc1=O)C1CCCCC1. The maximum atomic E-state index is 12.6. The van der Waals surface area contributed by atoms with E-state index in [1.165, 1.54) is 0 Å². The van der Waals surface area contributed by atoms with Crippen molar-refractivity contribution in [2.45, 2.75) is 44.8 Å². The third-order valence-electron chi connectivity index (χ3n) is 3.70. The summed E-state index contributed by atoms with van der Waals surface area (Å²) < 4.78 is 38.6. The van der Waals surface area contributed by atoms with Crippen LogP contribution >= 0.6 is 0 Å². The molecule has 1 saturated carbocycles. The summed E-state index contributed by atoms with van der Waals surface area (Å²) >= 11 is 0. The van der Waals surface area contributed by atoms with Crippen LogP contribution in [0.25, 0.3) is 0 Å². The van der Waals surface area contributed by atoms with E-state index in [-0.39, 0.29) is 18.2 Å². The first-order valence-electron chi connectivity index (χ1n) is 6.68. The Morgan fingerprint density at radius 2 is 1.85 bits per heavy atom. The number of halogens is 3. The quantitative estimate of drug-likeness (QED) is 0.857. The molecule has 2 rings (SSSR count). The first kappa shape index (κ1) is 14.8. The van der Waals surface area contributed by atoms with E-state index in [0.29, 0.717) is 0 Å². The fraction of sp³-hybridized carbons (Fsp3) is 0.571. The van der Waals surface area contributed by atoms with Crippen LogP contribution in [-0.4, -0.2) is 10.4 Å². The number of carbonyl (C=O) groups is 1. The van der Waals surface area contributed by atoms with Crippen molar-refractivity contribution in [2.75, 3.05) is 0 Å². The van der Waals surface area contributed by atoms with Gasteiger partial charge in [0.05, 0.1) is 12.1 Å². The lowest BCUT2D eigenvalue weighted by Gasteiger charge is -2.20. The number of rotatable bonds is 3. The first-order valence-corrected chi connectivity index (χ1v) is 6.68. The third-order valence-corrected chi connectivity index (χ3v) is 3.70. The number of Topliss-reactive ketones (excluding diaryl/α,β-unsaturated/α-hetero) is 1. The molecule has 0 bridgehead atoms. The summed E-state index contributed by atoms with van der Waals surface area (Å²) in [6.45, 7) is -0.270. The third kappa shape index (κ3) is 3.49. The average molecular weight is 287 g/mol. The molecule has 0 amide bonds. The molecule has 1 aromatic rings. The van der Waals surface area contributed by atoms with Gasteiger partial charge < -0.3 is 4.57 Å². The molecule has 6 heteroatoms. The van der Waals surface area contributed by atoms with Gasteiger partial charge in [-0.1, -0.05) is 19.3 Å². The maximum Gasteiger partial charge on any atom is 0.417 e. The zero-order valence-corrected chi connectivity index (χ0v) is 10.9. The highest BCUT2D eigenvalue weighted by Gasteiger charge is 2.31. The second kappa shape index (κ2) is 5.81. The summed E-state index contributed by atoms with van der Waals surface area (Å²) in [5.74, 6) is -0.267. The number of hydrogen-bond donors (Lipinski definition) is 0. The van der Waals surface area contributed by atoms with Gasteiger partial charge in [0.15, 0.2) is 5.78 Å². The van der Waals surface area contributed by atoms with Crippen LogP contribution in [0.3, 0.4) is 0 Å². The van der Waals surface area contributed by atoms with Gasteiger partial charge in [0.2, 0.25) is 0 Å². The Labute approximate surface area is 114 Å². The monoisotopic (exact) mass is 287 g/mol. The van der Waals surface area contributed by atoms with Crippen LogP contribution in [0.1, 0.15) is 37.7 Å². The zero-order chi connectivity index (χ0) is 14.8. The molecular formula is C14H16F3NO2. The summed E-state index contributed by atoms with van der Waals surface area (Å²) in [6, 6.07) is 1.60. The second-order valence-corrected chi connectivity index (χ2v) is 5.18. The van der Waals surface area contributed by atoms with E-state index < -0.39 is 17.3 Å². The van der Waals surface area contributed by atoms with Crippen LogP contribution in [0, 0.1) is 5.92 Å². The molecule has 0 N–H and O–H groups in total. The lowest BCUT2D eigenvalue weighted by molar-refractivity contribution is -0.138. The van der Waals surface area contributed by atoms with Gasteiger partial charge in [-0.25, -0.2) is 0 Å². The highest BCUT2D eigenvalue weighted by atomic mass is 19.4. The van der Waals surface area contributed by atoms with Gasteiger partial charge in [0.1, 0.15) is 0 Å². The molecule has 1 aromatic heterocycles. The molecule has 1 heterocycles. The van der Waals surface area contributed by atoms with Crippen molar-refractivity contribution >= 4 is 5.78 Å². The van der Waals surface area contributed by atoms with Crippen LogP contribution < -0.4 is 5.56 Å². The Hall–Kier alpha value is -1.59. The van der Waals surface area contributed by atoms with Crippen molar-refractivity contribution in [2.24, 2.45) is 5.92 Å². The van der Waals surface area contributed by atoms with Gasteiger partial charge >= 0.3 is 6.18 Å². The van der Waals surface area contributed by atoms with Crippen molar-refractivity contribution in [1.82, 2.24) is 4.57 Å². The molecule has 1 fully saturated rings. The van der Waals surface area contributed by atoms with Crippen molar-refractivity contribution in [1.29, 1.82) is 0 Å². The molecule has 0 radical (unpaired) electrons. The van der Waals surface area contributed by atoms with Crippen LogP contribution in [0.2, 0.25) is 0 Å². The number of alkyl halides is 3. The number of aromatic nitrogens is 1. The van der Waals surface area contributed by atoms with E-state index >= 15 is 0 Å². The summed E-state index contributed by atoms with van der Waals surface area (Å²) in [4.78, 5) is 23.6. The molecule has 0 unspecified atom stereocenters. The predicted molar refractivity (Wildman–Crippen MR) is 67.3 cm³/mol.